The van der Waals surface area contributed by atoms with Gasteiger partial charge in [-0.1, -0.05) is 37.3 Å². The first-order chi connectivity index (χ1) is 11.2. The van der Waals surface area contributed by atoms with Crippen molar-refractivity contribution in [2.45, 2.75) is 45.1 Å². The molecule has 1 aliphatic heterocycles. The average molecular weight is 317 g/mol. The van der Waals surface area contributed by atoms with Gasteiger partial charge in [-0.2, -0.15) is 0 Å². The molecule has 1 atom stereocenters. The van der Waals surface area contributed by atoms with Crippen LogP contribution in [0.1, 0.15) is 44.6 Å². The summed E-state index contributed by atoms with van der Waals surface area (Å²) < 4.78 is 0. The van der Waals surface area contributed by atoms with Crippen molar-refractivity contribution < 1.29 is 9.59 Å². The zero-order valence-corrected chi connectivity index (χ0v) is 14.0. The number of amides is 3. The fraction of sp³-hybridized carbons (Fsp3) is 0.556. The minimum Gasteiger partial charge on any atom is -0.342 e. The number of rotatable bonds is 5. The Hall–Kier alpha value is -2.04. The van der Waals surface area contributed by atoms with Crippen LogP contribution in [0.15, 0.2) is 30.3 Å². The first kappa shape index (κ1) is 17.3. The highest BCUT2D eigenvalue weighted by Gasteiger charge is 2.28. The van der Waals surface area contributed by atoms with Gasteiger partial charge in [-0.05, 0) is 31.7 Å². The smallest absolute Gasteiger partial charge is 0.314 e. The number of carbonyl (C=O) groups excluding carboxylic acids is 2. The normalized spacial score (nSPS) is 16.7. The van der Waals surface area contributed by atoms with Crippen molar-refractivity contribution in [3.63, 3.8) is 0 Å². The van der Waals surface area contributed by atoms with E-state index in [1.165, 1.54) is 0 Å². The second-order valence-corrected chi connectivity index (χ2v) is 5.97. The molecule has 1 aliphatic rings. The highest BCUT2D eigenvalue weighted by atomic mass is 16.2. The predicted molar refractivity (Wildman–Crippen MR) is 91.3 cm³/mol. The van der Waals surface area contributed by atoms with E-state index < -0.39 is 0 Å². The van der Waals surface area contributed by atoms with Crippen molar-refractivity contribution in [3.8, 4) is 0 Å². The summed E-state index contributed by atoms with van der Waals surface area (Å²) in [6, 6.07) is 10.0. The minimum atomic E-state index is -0.118. The molecule has 1 fully saturated rings. The monoisotopic (exact) mass is 317 g/mol. The van der Waals surface area contributed by atoms with Crippen LogP contribution in [0.2, 0.25) is 0 Å². The van der Waals surface area contributed by atoms with E-state index in [0.717, 1.165) is 24.8 Å². The molecule has 0 saturated carbocycles. The largest absolute Gasteiger partial charge is 0.342 e. The topological polar surface area (TPSA) is 61.4 Å². The molecule has 23 heavy (non-hydrogen) atoms. The maximum absolute atomic E-state index is 12.8. The van der Waals surface area contributed by atoms with E-state index in [2.05, 4.69) is 17.6 Å². The summed E-state index contributed by atoms with van der Waals surface area (Å²) in [6.07, 6.45) is 2.43. The lowest BCUT2D eigenvalue weighted by molar-refractivity contribution is -0.134. The van der Waals surface area contributed by atoms with Crippen LogP contribution in [-0.2, 0) is 4.79 Å². The van der Waals surface area contributed by atoms with E-state index in [1.54, 1.807) is 0 Å². The Balaban J connectivity index is 1.89. The lowest BCUT2D eigenvalue weighted by Gasteiger charge is -2.34. The number of piperidine rings is 1. The summed E-state index contributed by atoms with van der Waals surface area (Å²) in [5, 5.41) is 5.71. The molecule has 1 unspecified atom stereocenters. The molecule has 0 radical (unpaired) electrons. The molecule has 126 valence electrons. The molecule has 5 heteroatoms. The Morgan fingerprint density at radius 1 is 1.17 bits per heavy atom. The van der Waals surface area contributed by atoms with Crippen LogP contribution in [-0.4, -0.2) is 42.5 Å². The molecule has 2 N–H and O–H groups in total. The molecule has 1 saturated heterocycles. The van der Waals surface area contributed by atoms with E-state index >= 15 is 0 Å². The molecule has 1 heterocycles. The van der Waals surface area contributed by atoms with Gasteiger partial charge in [0.2, 0.25) is 5.91 Å². The Kier molecular flexibility index (Phi) is 6.44. The Morgan fingerprint density at radius 3 is 2.39 bits per heavy atom. The van der Waals surface area contributed by atoms with Crippen molar-refractivity contribution in [3.05, 3.63) is 35.9 Å². The molecule has 1 aromatic carbocycles. The molecular formula is C18H27N3O2. The number of hydrogen-bond donors (Lipinski definition) is 2. The third-order valence-corrected chi connectivity index (χ3v) is 4.39. The van der Waals surface area contributed by atoms with Crippen LogP contribution in [0, 0.1) is 0 Å². The highest BCUT2D eigenvalue weighted by molar-refractivity contribution is 5.83. The summed E-state index contributed by atoms with van der Waals surface area (Å²) in [4.78, 5) is 26.3. The number of urea groups is 1. The van der Waals surface area contributed by atoms with E-state index in [4.69, 9.17) is 0 Å². The number of carbonyl (C=O) groups is 2. The predicted octanol–water partition coefficient (Wildman–Crippen LogP) is 2.49. The van der Waals surface area contributed by atoms with Crippen molar-refractivity contribution in [1.82, 2.24) is 15.5 Å². The van der Waals surface area contributed by atoms with Crippen LogP contribution in [0.4, 0.5) is 4.79 Å². The van der Waals surface area contributed by atoms with Crippen LogP contribution in [0.25, 0.3) is 0 Å². The number of nitrogens with zero attached hydrogens (tertiary/aromatic N) is 1. The lowest BCUT2D eigenvalue weighted by atomic mass is 9.93. The molecule has 0 bridgehead atoms. The molecule has 0 aromatic heterocycles. The number of likely N-dealkylation sites (tertiary alicyclic amines) is 1. The van der Waals surface area contributed by atoms with Gasteiger partial charge < -0.3 is 15.5 Å². The van der Waals surface area contributed by atoms with Crippen molar-refractivity contribution >= 4 is 11.9 Å². The number of nitrogens with one attached hydrogen (secondary N) is 2. The van der Waals surface area contributed by atoms with Crippen molar-refractivity contribution in [1.29, 1.82) is 0 Å². The molecule has 1 aromatic rings. The Labute approximate surface area is 138 Å². The van der Waals surface area contributed by atoms with Gasteiger partial charge >= 0.3 is 6.03 Å². The van der Waals surface area contributed by atoms with E-state index in [0.29, 0.717) is 19.6 Å². The van der Waals surface area contributed by atoms with Gasteiger partial charge in [0.25, 0.3) is 0 Å². The first-order valence-electron chi connectivity index (χ1n) is 8.53. The van der Waals surface area contributed by atoms with Gasteiger partial charge in [0.1, 0.15) is 0 Å². The molecular weight excluding hydrogens is 290 g/mol. The van der Waals surface area contributed by atoms with E-state index in [1.807, 2.05) is 42.2 Å². The molecule has 0 aliphatic carbocycles. The zero-order chi connectivity index (χ0) is 16.7. The van der Waals surface area contributed by atoms with Gasteiger partial charge in [0.05, 0.1) is 5.92 Å². The van der Waals surface area contributed by atoms with Gasteiger partial charge in [-0.3, -0.25) is 4.79 Å². The van der Waals surface area contributed by atoms with Gasteiger partial charge in [-0.25, -0.2) is 4.79 Å². The second-order valence-electron chi connectivity index (χ2n) is 5.97. The summed E-state index contributed by atoms with van der Waals surface area (Å²) in [5.41, 5.74) is 1.09. The standard InChI is InChI=1S/C18H27N3O2/c1-3-16(14-8-6-5-7-9-14)17(22)21-12-10-15(11-13-21)20-18(23)19-4-2/h5-9,15-16H,3-4,10-13H2,1-2H3,(H2,19,20,23). The first-order valence-corrected chi connectivity index (χ1v) is 8.53. The maximum Gasteiger partial charge on any atom is 0.314 e. The van der Waals surface area contributed by atoms with Crippen LogP contribution in [0.3, 0.4) is 0 Å². The highest BCUT2D eigenvalue weighted by Crippen LogP contribution is 2.24. The second kappa shape index (κ2) is 8.56. The van der Waals surface area contributed by atoms with Gasteiger partial charge in [0.15, 0.2) is 0 Å². The summed E-state index contributed by atoms with van der Waals surface area (Å²) >= 11 is 0. The fourth-order valence-electron chi connectivity index (χ4n) is 3.10. The SMILES string of the molecule is CCNC(=O)NC1CCN(C(=O)C(CC)c2ccccc2)CC1. The zero-order valence-electron chi connectivity index (χ0n) is 14.0. The average Bonchev–Trinajstić information content (AvgIpc) is 2.57. The summed E-state index contributed by atoms with van der Waals surface area (Å²) in [7, 11) is 0. The molecule has 0 spiro atoms. The Bertz CT molecular complexity index is 510. The van der Waals surface area contributed by atoms with E-state index in [-0.39, 0.29) is 23.9 Å². The van der Waals surface area contributed by atoms with Crippen LogP contribution in [0.5, 0.6) is 0 Å². The fourth-order valence-corrected chi connectivity index (χ4v) is 3.10. The van der Waals surface area contributed by atoms with Crippen molar-refractivity contribution in [2.75, 3.05) is 19.6 Å². The quantitative estimate of drug-likeness (QED) is 0.876. The van der Waals surface area contributed by atoms with E-state index in [9.17, 15) is 9.59 Å². The maximum atomic E-state index is 12.8. The number of hydrogen-bond acceptors (Lipinski definition) is 2. The van der Waals surface area contributed by atoms with Crippen LogP contribution < -0.4 is 10.6 Å². The lowest BCUT2D eigenvalue weighted by Crippen LogP contribution is -2.49. The van der Waals surface area contributed by atoms with Gasteiger partial charge in [-0.15, -0.1) is 0 Å². The number of benzene rings is 1. The van der Waals surface area contributed by atoms with Gasteiger partial charge in [0, 0.05) is 25.7 Å². The summed E-state index contributed by atoms with van der Waals surface area (Å²) in [5.74, 6) is 0.138. The third-order valence-electron chi connectivity index (χ3n) is 4.39. The third kappa shape index (κ3) is 4.71. The molecule has 5 nitrogen and oxygen atoms in total. The molecule has 3 amide bonds. The molecule has 2 rings (SSSR count). The van der Waals surface area contributed by atoms with Crippen LogP contribution >= 0.6 is 0 Å². The summed E-state index contributed by atoms with van der Waals surface area (Å²) in [6.45, 7) is 5.99. The minimum absolute atomic E-state index is 0.0656. The van der Waals surface area contributed by atoms with Crippen molar-refractivity contribution in [2.24, 2.45) is 0 Å². The Morgan fingerprint density at radius 2 is 1.83 bits per heavy atom.